The van der Waals surface area contributed by atoms with E-state index in [0.717, 1.165) is 23.8 Å². The Morgan fingerprint density at radius 1 is 1.32 bits per heavy atom. The smallest absolute Gasteiger partial charge is 0.238 e. The molecule has 1 amide bonds. The Morgan fingerprint density at radius 2 is 1.95 bits per heavy atom. The van der Waals surface area contributed by atoms with Crippen LogP contribution in [-0.4, -0.2) is 37.5 Å². The molecule has 1 aromatic rings. The van der Waals surface area contributed by atoms with Gasteiger partial charge in [-0.15, -0.1) is 0 Å². The molecule has 1 unspecified atom stereocenters. The first-order chi connectivity index (χ1) is 10.3. The van der Waals surface area contributed by atoms with Gasteiger partial charge in [-0.2, -0.15) is 4.31 Å². The summed E-state index contributed by atoms with van der Waals surface area (Å²) in [5.74, 6) is 0.291. The van der Waals surface area contributed by atoms with E-state index in [4.69, 9.17) is 0 Å². The molecule has 0 aromatic heterocycles. The Kier molecular flexibility index (Phi) is 5.24. The molecule has 1 atom stereocenters. The van der Waals surface area contributed by atoms with Gasteiger partial charge < -0.3 is 5.32 Å². The lowest BCUT2D eigenvalue weighted by atomic mass is 9.95. The Bertz CT molecular complexity index is 641. The minimum Gasteiger partial charge on any atom is -0.355 e. The van der Waals surface area contributed by atoms with Crippen LogP contribution in [0.3, 0.4) is 0 Å². The van der Waals surface area contributed by atoms with Crippen LogP contribution in [0.2, 0.25) is 0 Å². The van der Waals surface area contributed by atoms with E-state index in [0.29, 0.717) is 18.9 Å². The molecule has 6 heteroatoms. The Morgan fingerprint density at radius 3 is 2.55 bits per heavy atom. The van der Waals surface area contributed by atoms with Gasteiger partial charge in [0.2, 0.25) is 15.9 Å². The SMILES string of the molecule is CC(C)CCNC(=O)C1Cc2ccccc2CN1S(C)(=O)=O. The number of benzene rings is 1. The van der Waals surface area contributed by atoms with Crippen LogP contribution in [0.1, 0.15) is 31.4 Å². The van der Waals surface area contributed by atoms with E-state index in [1.807, 2.05) is 24.3 Å². The predicted molar refractivity (Wildman–Crippen MR) is 86.8 cm³/mol. The molecular weight excluding hydrogens is 300 g/mol. The highest BCUT2D eigenvalue weighted by Crippen LogP contribution is 2.25. The predicted octanol–water partition coefficient (Wildman–Crippen LogP) is 1.54. The summed E-state index contributed by atoms with van der Waals surface area (Å²) in [4.78, 5) is 12.4. The minimum absolute atomic E-state index is 0.208. The molecule has 0 aliphatic carbocycles. The molecule has 0 spiro atoms. The van der Waals surface area contributed by atoms with Crippen molar-refractivity contribution in [3.05, 3.63) is 35.4 Å². The van der Waals surface area contributed by atoms with Crippen LogP contribution in [0, 0.1) is 5.92 Å². The number of rotatable bonds is 5. The summed E-state index contributed by atoms with van der Waals surface area (Å²) in [6.45, 7) is 5.02. The van der Waals surface area contributed by atoms with Crippen LogP contribution in [0.5, 0.6) is 0 Å². The maximum atomic E-state index is 12.4. The van der Waals surface area contributed by atoms with Crippen LogP contribution in [0.25, 0.3) is 0 Å². The molecule has 1 aliphatic rings. The molecule has 0 saturated carbocycles. The lowest BCUT2D eigenvalue weighted by Gasteiger charge is -2.34. The number of amides is 1. The molecule has 1 aromatic carbocycles. The van der Waals surface area contributed by atoms with Crippen molar-refractivity contribution in [3.8, 4) is 0 Å². The molecule has 0 bridgehead atoms. The molecule has 0 fully saturated rings. The van der Waals surface area contributed by atoms with Crippen LogP contribution in [0.4, 0.5) is 0 Å². The fraction of sp³-hybridized carbons (Fsp3) is 0.562. The zero-order chi connectivity index (χ0) is 16.3. The summed E-state index contributed by atoms with van der Waals surface area (Å²) in [5.41, 5.74) is 2.02. The summed E-state index contributed by atoms with van der Waals surface area (Å²) in [6, 6.07) is 7.03. The van der Waals surface area contributed by atoms with Crippen molar-refractivity contribution < 1.29 is 13.2 Å². The van der Waals surface area contributed by atoms with E-state index in [-0.39, 0.29) is 12.5 Å². The Balaban J connectivity index is 2.18. The topological polar surface area (TPSA) is 66.5 Å². The number of carbonyl (C=O) groups is 1. The van der Waals surface area contributed by atoms with Gasteiger partial charge in [0.25, 0.3) is 0 Å². The van der Waals surface area contributed by atoms with Crippen LogP contribution in [0.15, 0.2) is 24.3 Å². The summed E-state index contributed by atoms with van der Waals surface area (Å²) in [7, 11) is -3.43. The van der Waals surface area contributed by atoms with E-state index < -0.39 is 16.1 Å². The van der Waals surface area contributed by atoms with E-state index in [1.165, 1.54) is 4.31 Å². The van der Waals surface area contributed by atoms with Crippen molar-refractivity contribution in [2.75, 3.05) is 12.8 Å². The second kappa shape index (κ2) is 6.79. The molecule has 0 radical (unpaired) electrons. The normalized spacial score (nSPS) is 19.0. The number of sulfonamides is 1. The van der Waals surface area contributed by atoms with Gasteiger partial charge in [0.05, 0.1) is 6.26 Å². The average molecular weight is 324 g/mol. The van der Waals surface area contributed by atoms with Crippen molar-refractivity contribution in [1.82, 2.24) is 9.62 Å². The zero-order valence-electron chi connectivity index (χ0n) is 13.4. The Labute approximate surface area is 132 Å². The molecule has 0 saturated heterocycles. The van der Waals surface area contributed by atoms with Gasteiger partial charge in [0.15, 0.2) is 0 Å². The molecule has 1 aliphatic heterocycles. The second-order valence-electron chi connectivity index (χ2n) is 6.27. The lowest BCUT2D eigenvalue weighted by Crippen LogP contribution is -2.52. The summed E-state index contributed by atoms with van der Waals surface area (Å²) in [5, 5.41) is 2.87. The largest absolute Gasteiger partial charge is 0.355 e. The van der Waals surface area contributed by atoms with Gasteiger partial charge >= 0.3 is 0 Å². The number of hydrogen-bond acceptors (Lipinski definition) is 3. The standard InChI is InChI=1S/C16H24N2O3S/c1-12(2)8-9-17-16(19)15-10-13-6-4-5-7-14(13)11-18(15)22(3,20)21/h4-7,12,15H,8-11H2,1-3H3,(H,17,19). The highest BCUT2D eigenvalue weighted by Gasteiger charge is 2.36. The third-order valence-corrected chi connectivity index (χ3v) is 5.19. The van der Waals surface area contributed by atoms with Crippen molar-refractivity contribution in [1.29, 1.82) is 0 Å². The fourth-order valence-electron chi connectivity index (χ4n) is 2.67. The summed E-state index contributed by atoms with van der Waals surface area (Å²) >= 11 is 0. The number of hydrogen-bond donors (Lipinski definition) is 1. The molecule has 122 valence electrons. The highest BCUT2D eigenvalue weighted by atomic mass is 32.2. The first-order valence-electron chi connectivity index (χ1n) is 7.60. The molecule has 2 rings (SSSR count). The summed E-state index contributed by atoms with van der Waals surface area (Å²) in [6.07, 6.45) is 2.47. The van der Waals surface area contributed by atoms with E-state index >= 15 is 0 Å². The lowest BCUT2D eigenvalue weighted by molar-refractivity contribution is -0.125. The van der Waals surface area contributed by atoms with Gasteiger partial charge in [0.1, 0.15) is 6.04 Å². The van der Waals surface area contributed by atoms with Gasteiger partial charge in [-0.1, -0.05) is 38.1 Å². The van der Waals surface area contributed by atoms with Gasteiger partial charge in [-0.3, -0.25) is 4.79 Å². The summed E-state index contributed by atoms with van der Waals surface area (Å²) < 4.78 is 25.4. The maximum absolute atomic E-state index is 12.4. The Hall–Kier alpha value is -1.40. The average Bonchev–Trinajstić information content (AvgIpc) is 2.44. The van der Waals surface area contributed by atoms with Crippen LogP contribution >= 0.6 is 0 Å². The zero-order valence-corrected chi connectivity index (χ0v) is 14.2. The van der Waals surface area contributed by atoms with E-state index in [2.05, 4.69) is 19.2 Å². The van der Waals surface area contributed by atoms with Gasteiger partial charge in [-0.25, -0.2) is 8.42 Å². The number of nitrogens with zero attached hydrogens (tertiary/aromatic N) is 1. The molecular formula is C16H24N2O3S. The first-order valence-corrected chi connectivity index (χ1v) is 9.45. The fourth-order valence-corrected chi connectivity index (χ4v) is 3.68. The first kappa shape index (κ1) is 17.0. The van der Waals surface area contributed by atoms with Crippen molar-refractivity contribution in [3.63, 3.8) is 0 Å². The van der Waals surface area contributed by atoms with Crippen LogP contribution in [-0.2, 0) is 27.8 Å². The second-order valence-corrected chi connectivity index (χ2v) is 8.21. The third kappa shape index (κ3) is 4.08. The monoisotopic (exact) mass is 324 g/mol. The molecule has 1 heterocycles. The maximum Gasteiger partial charge on any atom is 0.238 e. The number of nitrogens with one attached hydrogen (secondary N) is 1. The minimum atomic E-state index is -3.43. The highest BCUT2D eigenvalue weighted by molar-refractivity contribution is 7.88. The quantitative estimate of drug-likeness (QED) is 0.893. The van der Waals surface area contributed by atoms with E-state index in [1.54, 1.807) is 0 Å². The van der Waals surface area contributed by atoms with Crippen molar-refractivity contribution in [2.45, 2.75) is 39.3 Å². The number of fused-ring (bicyclic) bond motifs is 1. The van der Waals surface area contributed by atoms with Gasteiger partial charge in [0, 0.05) is 13.1 Å². The van der Waals surface area contributed by atoms with E-state index in [9.17, 15) is 13.2 Å². The molecule has 5 nitrogen and oxygen atoms in total. The van der Waals surface area contributed by atoms with Crippen molar-refractivity contribution in [2.24, 2.45) is 5.92 Å². The third-order valence-electron chi connectivity index (χ3n) is 3.96. The van der Waals surface area contributed by atoms with Crippen LogP contribution < -0.4 is 5.32 Å². The molecule has 1 N–H and O–H groups in total. The number of carbonyl (C=O) groups excluding carboxylic acids is 1. The van der Waals surface area contributed by atoms with Gasteiger partial charge in [-0.05, 0) is 29.9 Å². The van der Waals surface area contributed by atoms with Crippen molar-refractivity contribution >= 4 is 15.9 Å². The molecule has 22 heavy (non-hydrogen) atoms.